The van der Waals surface area contributed by atoms with Crippen LogP contribution < -0.4 is 4.90 Å². The first-order valence-corrected chi connectivity index (χ1v) is 8.81. The van der Waals surface area contributed by atoms with E-state index in [1.165, 1.54) is 0 Å². The van der Waals surface area contributed by atoms with E-state index in [0.29, 0.717) is 44.6 Å². The molecule has 3 fully saturated rings. The minimum atomic E-state index is -2.63. The first-order valence-electron chi connectivity index (χ1n) is 8.81. The summed E-state index contributed by atoms with van der Waals surface area (Å²) < 4.78 is 35.2. The average molecular weight is 338 g/mol. The van der Waals surface area contributed by atoms with Crippen molar-refractivity contribution in [2.45, 2.75) is 37.6 Å². The lowest BCUT2D eigenvalue weighted by Crippen LogP contribution is -2.59. The van der Waals surface area contributed by atoms with Gasteiger partial charge in [0.25, 0.3) is 5.92 Å². The highest BCUT2D eigenvalue weighted by molar-refractivity contribution is 5.33. The molecule has 0 aliphatic carbocycles. The van der Waals surface area contributed by atoms with Crippen LogP contribution in [0, 0.1) is 5.41 Å². The SMILES string of the molecule is FC1(F)CCN(C2CCOCC2)C[C@@]12CCN(c1ncccn1)C2. The summed E-state index contributed by atoms with van der Waals surface area (Å²) in [5.74, 6) is -2.06. The maximum absolute atomic E-state index is 14.9. The molecule has 0 unspecified atom stereocenters. The van der Waals surface area contributed by atoms with E-state index >= 15 is 0 Å². The second kappa shape index (κ2) is 6.19. The quantitative estimate of drug-likeness (QED) is 0.827. The number of alkyl halides is 2. The van der Waals surface area contributed by atoms with Crippen molar-refractivity contribution < 1.29 is 13.5 Å². The van der Waals surface area contributed by atoms with Gasteiger partial charge in [0.1, 0.15) is 0 Å². The lowest BCUT2D eigenvalue weighted by Gasteiger charge is -2.49. The highest BCUT2D eigenvalue weighted by atomic mass is 19.3. The molecule has 0 amide bonds. The molecule has 0 bridgehead atoms. The molecule has 0 N–H and O–H groups in total. The molecule has 4 rings (SSSR count). The van der Waals surface area contributed by atoms with Crippen LogP contribution in [0.1, 0.15) is 25.7 Å². The Morgan fingerprint density at radius 2 is 1.79 bits per heavy atom. The van der Waals surface area contributed by atoms with Crippen LogP contribution in [0.25, 0.3) is 0 Å². The predicted octanol–water partition coefficient (Wildman–Crippen LogP) is 2.19. The molecule has 1 aromatic rings. The van der Waals surface area contributed by atoms with Crippen LogP contribution in [-0.4, -0.2) is 66.2 Å². The van der Waals surface area contributed by atoms with Gasteiger partial charge in [-0.05, 0) is 25.3 Å². The summed E-state index contributed by atoms with van der Waals surface area (Å²) >= 11 is 0. The number of aromatic nitrogens is 2. The van der Waals surface area contributed by atoms with Gasteiger partial charge in [0.2, 0.25) is 5.95 Å². The summed E-state index contributed by atoms with van der Waals surface area (Å²) in [6, 6.07) is 2.13. The number of anilines is 1. The number of nitrogens with zero attached hydrogens (tertiary/aromatic N) is 4. The van der Waals surface area contributed by atoms with E-state index < -0.39 is 11.3 Å². The zero-order valence-corrected chi connectivity index (χ0v) is 13.8. The molecule has 3 aliphatic rings. The minimum absolute atomic E-state index is 0.0478. The number of hydrogen-bond acceptors (Lipinski definition) is 5. The van der Waals surface area contributed by atoms with Crippen molar-refractivity contribution in [3.05, 3.63) is 18.5 Å². The van der Waals surface area contributed by atoms with Gasteiger partial charge in [0, 0.05) is 64.2 Å². The van der Waals surface area contributed by atoms with Gasteiger partial charge in [-0.2, -0.15) is 0 Å². The summed E-state index contributed by atoms with van der Waals surface area (Å²) in [6.07, 6.45) is 5.69. The maximum atomic E-state index is 14.9. The van der Waals surface area contributed by atoms with Crippen molar-refractivity contribution >= 4 is 5.95 Å². The molecule has 3 aliphatic heterocycles. The number of piperidine rings is 1. The third-order valence-corrected chi connectivity index (χ3v) is 5.89. The van der Waals surface area contributed by atoms with Gasteiger partial charge < -0.3 is 9.64 Å². The monoisotopic (exact) mass is 338 g/mol. The zero-order valence-electron chi connectivity index (χ0n) is 13.8. The first kappa shape index (κ1) is 16.1. The van der Waals surface area contributed by atoms with E-state index in [-0.39, 0.29) is 6.42 Å². The Balaban J connectivity index is 1.53. The molecule has 0 saturated carbocycles. The van der Waals surface area contributed by atoms with E-state index in [2.05, 4.69) is 14.9 Å². The van der Waals surface area contributed by atoms with Gasteiger partial charge in [-0.15, -0.1) is 0 Å². The van der Waals surface area contributed by atoms with E-state index in [0.717, 1.165) is 26.1 Å². The van der Waals surface area contributed by atoms with Crippen molar-refractivity contribution in [3.8, 4) is 0 Å². The first-order chi connectivity index (χ1) is 11.6. The average Bonchev–Trinajstić information content (AvgIpc) is 3.05. The van der Waals surface area contributed by atoms with Crippen molar-refractivity contribution in [3.63, 3.8) is 0 Å². The normalized spacial score (nSPS) is 31.7. The van der Waals surface area contributed by atoms with Crippen LogP contribution in [0.15, 0.2) is 18.5 Å². The fraction of sp³-hybridized carbons (Fsp3) is 0.765. The van der Waals surface area contributed by atoms with E-state index in [1.54, 1.807) is 18.5 Å². The second-order valence-corrected chi connectivity index (χ2v) is 7.27. The molecular formula is C17H24F2N4O. The summed E-state index contributed by atoms with van der Waals surface area (Å²) in [5, 5.41) is 0. The molecule has 1 aromatic heterocycles. The third kappa shape index (κ3) is 2.77. The van der Waals surface area contributed by atoms with Gasteiger partial charge in [-0.3, -0.25) is 4.90 Å². The molecule has 7 heteroatoms. The molecule has 0 radical (unpaired) electrons. The second-order valence-electron chi connectivity index (χ2n) is 7.27. The van der Waals surface area contributed by atoms with Gasteiger partial charge in [-0.25, -0.2) is 18.7 Å². The molecule has 0 aromatic carbocycles. The van der Waals surface area contributed by atoms with Crippen LogP contribution in [0.2, 0.25) is 0 Å². The highest BCUT2D eigenvalue weighted by Gasteiger charge is 2.60. The smallest absolute Gasteiger partial charge is 0.257 e. The Labute approximate surface area is 141 Å². The molecule has 24 heavy (non-hydrogen) atoms. The summed E-state index contributed by atoms with van der Waals surface area (Å²) in [6.45, 7) is 3.38. The van der Waals surface area contributed by atoms with Crippen LogP contribution in [0.5, 0.6) is 0 Å². The summed E-state index contributed by atoms with van der Waals surface area (Å²) in [7, 11) is 0. The van der Waals surface area contributed by atoms with Crippen LogP contribution in [-0.2, 0) is 4.74 Å². The Bertz CT molecular complexity index is 567. The van der Waals surface area contributed by atoms with Crippen LogP contribution in [0.3, 0.4) is 0 Å². The molecule has 132 valence electrons. The lowest BCUT2D eigenvalue weighted by atomic mass is 9.75. The Morgan fingerprint density at radius 3 is 2.54 bits per heavy atom. The fourth-order valence-corrected chi connectivity index (χ4v) is 4.42. The van der Waals surface area contributed by atoms with E-state index in [4.69, 9.17) is 4.74 Å². The number of ether oxygens (including phenoxy) is 1. The largest absolute Gasteiger partial charge is 0.381 e. The van der Waals surface area contributed by atoms with E-state index in [9.17, 15) is 8.78 Å². The standard InChI is InChI=1S/C17H24F2N4O/c18-17(19)5-9-22(14-2-10-24-11-3-14)12-16(17)4-8-23(13-16)15-20-6-1-7-21-15/h1,6-7,14H,2-5,8-13H2/t16-/m1/s1. The Morgan fingerprint density at radius 1 is 1.04 bits per heavy atom. The van der Waals surface area contributed by atoms with Gasteiger partial charge in [-0.1, -0.05) is 0 Å². The Kier molecular flexibility index (Phi) is 4.16. The van der Waals surface area contributed by atoms with Crippen molar-refractivity contribution in [1.29, 1.82) is 0 Å². The summed E-state index contributed by atoms with van der Waals surface area (Å²) in [4.78, 5) is 12.7. The van der Waals surface area contributed by atoms with Gasteiger partial charge >= 0.3 is 0 Å². The number of likely N-dealkylation sites (tertiary alicyclic amines) is 1. The molecule has 5 nitrogen and oxygen atoms in total. The van der Waals surface area contributed by atoms with E-state index in [1.807, 2.05) is 4.90 Å². The Hall–Kier alpha value is -1.34. The van der Waals surface area contributed by atoms with Crippen molar-refractivity contribution in [2.24, 2.45) is 5.41 Å². The maximum Gasteiger partial charge on any atom is 0.257 e. The number of hydrogen-bond donors (Lipinski definition) is 0. The predicted molar refractivity (Wildman–Crippen MR) is 86.3 cm³/mol. The van der Waals surface area contributed by atoms with Crippen molar-refractivity contribution in [1.82, 2.24) is 14.9 Å². The molecular weight excluding hydrogens is 314 g/mol. The minimum Gasteiger partial charge on any atom is -0.381 e. The molecule has 1 spiro atoms. The van der Waals surface area contributed by atoms with Gasteiger partial charge in [0.05, 0.1) is 5.41 Å². The van der Waals surface area contributed by atoms with Crippen LogP contribution >= 0.6 is 0 Å². The van der Waals surface area contributed by atoms with Crippen LogP contribution in [0.4, 0.5) is 14.7 Å². The topological polar surface area (TPSA) is 41.5 Å². The lowest BCUT2D eigenvalue weighted by molar-refractivity contribution is -0.167. The number of halogens is 2. The highest BCUT2D eigenvalue weighted by Crippen LogP contribution is 2.50. The number of rotatable bonds is 2. The fourth-order valence-electron chi connectivity index (χ4n) is 4.42. The molecule has 4 heterocycles. The molecule has 1 atom stereocenters. The van der Waals surface area contributed by atoms with Gasteiger partial charge in [0.15, 0.2) is 0 Å². The molecule has 3 saturated heterocycles. The van der Waals surface area contributed by atoms with Crippen molar-refractivity contribution in [2.75, 3.05) is 44.3 Å². The third-order valence-electron chi connectivity index (χ3n) is 5.89. The summed E-state index contributed by atoms with van der Waals surface area (Å²) in [5.41, 5.74) is -0.983. The zero-order chi connectivity index (χ0) is 16.6.